The third-order valence-electron chi connectivity index (χ3n) is 2.91. The fourth-order valence-corrected chi connectivity index (χ4v) is 3.46. The number of carbonyl (C=O) groups excluding carboxylic acids is 1. The first kappa shape index (κ1) is 18.3. The van der Waals surface area contributed by atoms with E-state index in [4.69, 9.17) is 5.14 Å². The van der Waals surface area contributed by atoms with Crippen molar-refractivity contribution in [2.45, 2.75) is 24.0 Å². The van der Waals surface area contributed by atoms with Crippen molar-refractivity contribution in [3.63, 3.8) is 0 Å². The highest BCUT2D eigenvalue weighted by Gasteiger charge is 2.19. The van der Waals surface area contributed by atoms with Crippen LogP contribution in [0.3, 0.4) is 0 Å². The van der Waals surface area contributed by atoms with E-state index in [1.165, 1.54) is 6.07 Å². The summed E-state index contributed by atoms with van der Waals surface area (Å²) in [7, 11) is -4.98. The zero-order chi connectivity index (χ0) is 16.4. The predicted octanol–water partition coefficient (Wildman–Crippen LogP) is 0.902. The molecule has 0 saturated heterocycles. The number of halogens is 1. The van der Waals surface area contributed by atoms with E-state index in [0.717, 1.165) is 0 Å². The monoisotopic (exact) mass is 396 g/mol. The molecule has 1 aromatic carbocycles. The number of carbonyl (C=O) groups is 1. The summed E-state index contributed by atoms with van der Waals surface area (Å²) in [5.74, 6) is -0.437. The maximum Gasteiger partial charge on any atom is 0.251 e. The van der Waals surface area contributed by atoms with E-state index in [1.807, 2.05) is 0 Å². The molecule has 0 spiro atoms. The number of benzene rings is 1. The van der Waals surface area contributed by atoms with Crippen LogP contribution in [0.2, 0.25) is 0 Å². The highest BCUT2D eigenvalue weighted by Crippen LogP contribution is 2.26. The largest absolute Gasteiger partial charge is 0.351 e. The summed E-state index contributed by atoms with van der Waals surface area (Å²) in [6.07, 6.45) is 1.56. The maximum absolute atomic E-state index is 12.1. The Hall–Kier alpha value is -0.770. The lowest BCUT2D eigenvalue weighted by atomic mass is 10.1. The van der Waals surface area contributed by atoms with Crippen LogP contribution >= 0.6 is 15.9 Å². The Morgan fingerprint density at radius 3 is 2.52 bits per heavy atom. The first-order chi connectivity index (χ1) is 9.54. The molecule has 0 radical (unpaired) electrons. The minimum Gasteiger partial charge on any atom is -0.351 e. The standard InChI is InChI=1S/C12H17BrN2O4S2/c1-7-4-9(5-10(11(7)13)21(14,18)19)12(16)15-6-8(2)20(3)17/h4-5,8H,6H2,1-3H3,(H,15,16)(H2,14,18,19). The summed E-state index contributed by atoms with van der Waals surface area (Å²) in [5.41, 5.74) is 0.771. The van der Waals surface area contributed by atoms with Crippen LogP contribution in [0, 0.1) is 6.92 Å². The van der Waals surface area contributed by atoms with Gasteiger partial charge in [0.15, 0.2) is 0 Å². The van der Waals surface area contributed by atoms with Gasteiger partial charge >= 0.3 is 0 Å². The molecule has 1 aromatic rings. The quantitative estimate of drug-likeness (QED) is 0.770. The summed E-state index contributed by atoms with van der Waals surface area (Å²) >= 11 is 3.15. The summed E-state index contributed by atoms with van der Waals surface area (Å²) in [5, 5.41) is 7.56. The van der Waals surface area contributed by atoms with Crippen LogP contribution in [-0.2, 0) is 20.8 Å². The van der Waals surface area contributed by atoms with Gasteiger partial charge in [0, 0.05) is 38.9 Å². The first-order valence-corrected chi connectivity index (χ1v) is 9.93. The number of hydrogen-bond acceptors (Lipinski definition) is 4. The fourth-order valence-electron chi connectivity index (χ4n) is 1.53. The predicted molar refractivity (Wildman–Crippen MR) is 86.1 cm³/mol. The number of sulfonamides is 1. The van der Waals surface area contributed by atoms with Crippen LogP contribution in [0.4, 0.5) is 0 Å². The highest BCUT2D eigenvalue weighted by molar-refractivity contribution is 9.10. The van der Waals surface area contributed by atoms with E-state index in [0.29, 0.717) is 10.0 Å². The van der Waals surface area contributed by atoms with Gasteiger partial charge in [0.1, 0.15) is 0 Å². The maximum atomic E-state index is 12.1. The van der Waals surface area contributed by atoms with Gasteiger partial charge in [0.05, 0.1) is 4.90 Å². The molecule has 3 N–H and O–H groups in total. The molecule has 0 aliphatic carbocycles. The molecule has 2 atom stereocenters. The van der Waals surface area contributed by atoms with Crippen molar-refractivity contribution < 1.29 is 17.4 Å². The highest BCUT2D eigenvalue weighted by atomic mass is 79.9. The van der Waals surface area contributed by atoms with E-state index in [9.17, 15) is 17.4 Å². The van der Waals surface area contributed by atoms with Gasteiger partial charge < -0.3 is 5.32 Å². The van der Waals surface area contributed by atoms with Gasteiger partial charge in [-0.2, -0.15) is 0 Å². The van der Waals surface area contributed by atoms with Gasteiger partial charge in [0.2, 0.25) is 10.0 Å². The second-order valence-corrected chi connectivity index (χ2v) is 8.79. The molecule has 9 heteroatoms. The van der Waals surface area contributed by atoms with Crippen LogP contribution in [-0.4, -0.2) is 36.6 Å². The number of rotatable bonds is 5. The molecular formula is C12H17BrN2O4S2. The molecule has 1 rings (SSSR count). The van der Waals surface area contributed by atoms with E-state index >= 15 is 0 Å². The molecule has 1 amide bonds. The average Bonchev–Trinajstić information content (AvgIpc) is 2.36. The molecular weight excluding hydrogens is 380 g/mol. The molecule has 118 valence electrons. The summed E-state index contributed by atoms with van der Waals surface area (Å²) in [6, 6.07) is 2.77. The van der Waals surface area contributed by atoms with Crippen molar-refractivity contribution in [2.75, 3.05) is 12.8 Å². The van der Waals surface area contributed by atoms with Crippen molar-refractivity contribution in [1.29, 1.82) is 0 Å². The van der Waals surface area contributed by atoms with Gasteiger partial charge in [-0.1, -0.05) is 0 Å². The summed E-state index contributed by atoms with van der Waals surface area (Å²) < 4.78 is 34.6. The number of primary sulfonamides is 1. The molecule has 0 aromatic heterocycles. The Morgan fingerprint density at radius 2 is 2.05 bits per heavy atom. The normalized spacial score (nSPS) is 14.5. The molecule has 0 saturated carbocycles. The van der Waals surface area contributed by atoms with Crippen LogP contribution in [0.5, 0.6) is 0 Å². The molecule has 2 unspecified atom stereocenters. The fraction of sp³-hybridized carbons (Fsp3) is 0.417. The molecule has 0 bridgehead atoms. The number of aryl methyl sites for hydroxylation is 1. The Labute approximate surface area is 135 Å². The topological polar surface area (TPSA) is 106 Å². The lowest BCUT2D eigenvalue weighted by Crippen LogP contribution is -2.32. The number of nitrogens with one attached hydrogen (secondary N) is 1. The van der Waals surface area contributed by atoms with E-state index in [1.54, 1.807) is 26.2 Å². The Balaban J connectivity index is 3.07. The Kier molecular flexibility index (Phi) is 6.09. The Morgan fingerprint density at radius 1 is 1.48 bits per heavy atom. The Bertz CT molecular complexity index is 689. The van der Waals surface area contributed by atoms with Crippen LogP contribution in [0.1, 0.15) is 22.8 Å². The lowest BCUT2D eigenvalue weighted by molar-refractivity contribution is 0.0953. The molecule has 0 aliphatic heterocycles. The van der Waals surface area contributed by atoms with Gasteiger partial charge in [-0.25, -0.2) is 13.6 Å². The van der Waals surface area contributed by atoms with Crippen LogP contribution < -0.4 is 10.5 Å². The molecule has 0 aliphatic rings. The van der Waals surface area contributed by atoms with Crippen LogP contribution in [0.25, 0.3) is 0 Å². The van der Waals surface area contributed by atoms with Crippen LogP contribution in [0.15, 0.2) is 21.5 Å². The van der Waals surface area contributed by atoms with Crippen molar-refractivity contribution >= 4 is 42.7 Å². The molecule has 21 heavy (non-hydrogen) atoms. The minimum atomic E-state index is -3.93. The minimum absolute atomic E-state index is 0.139. The molecule has 6 nitrogen and oxygen atoms in total. The lowest BCUT2D eigenvalue weighted by Gasteiger charge is -2.12. The van der Waals surface area contributed by atoms with Crippen molar-refractivity contribution in [3.8, 4) is 0 Å². The SMILES string of the molecule is Cc1cc(C(=O)NCC(C)S(C)=O)cc(S(N)(=O)=O)c1Br. The zero-order valence-corrected chi connectivity index (χ0v) is 15.1. The number of nitrogens with two attached hydrogens (primary N) is 1. The van der Waals surface area contributed by atoms with Gasteiger partial charge in [-0.05, 0) is 47.5 Å². The average molecular weight is 397 g/mol. The van der Waals surface area contributed by atoms with Gasteiger partial charge in [-0.15, -0.1) is 0 Å². The van der Waals surface area contributed by atoms with Crippen molar-refractivity contribution in [2.24, 2.45) is 5.14 Å². The van der Waals surface area contributed by atoms with Crippen molar-refractivity contribution in [1.82, 2.24) is 5.32 Å². The number of amides is 1. The summed E-state index contributed by atoms with van der Waals surface area (Å²) in [4.78, 5) is 11.9. The second kappa shape index (κ2) is 6.99. The third-order valence-corrected chi connectivity index (χ3v) is 6.46. The van der Waals surface area contributed by atoms with Gasteiger partial charge in [-0.3, -0.25) is 9.00 Å². The van der Waals surface area contributed by atoms with Gasteiger partial charge in [0.25, 0.3) is 5.91 Å². The number of hydrogen-bond donors (Lipinski definition) is 2. The summed E-state index contributed by atoms with van der Waals surface area (Å²) in [6.45, 7) is 3.65. The van der Waals surface area contributed by atoms with E-state index < -0.39 is 26.7 Å². The van der Waals surface area contributed by atoms with E-state index in [-0.39, 0.29) is 22.3 Å². The van der Waals surface area contributed by atoms with E-state index in [2.05, 4.69) is 21.2 Å². The second-order valence-electron chi connectivity index (χ2n) is 4.67. The van der Waals surface area contributed by atoms with Crippen molar-refractivity contribution in [3.05, 3.63) is 27.7 Å². The first-order valence-electron chi connectivity index (χ1n) is 5.97. The molecule has 0 heterocycles. The zero-order valence-electron chi connectivity index (χ0n) is 11.8. The molecule has 0 fully saturated rings. The smallest absolute Gasteiger partial charge is 0.251 e. The third kappa shape index (κ3) is 4.87.